The maximum absolute atomic E-state index is 6.13. The van der Waals surface area contributed by atoms with Crippen molar-refractivity contribution in [3.8, 4) is 0 Å². The zero-order valence-corrected chi connectivity index (χ0v) is 21.4. The first-order valence-electron chi connectivity index (χ1n) is 13.3. The molecule has 3 unspecified atom stereocenters. The van der Waals surface area contributed by atoms with Crippen LogP contribution >= 0.6 is 11.6 Å². The van der Waals surface area contributed by atoms with E-state index in [2.05, 4.69) is 66.6 Å². The number of halogens is 1. The molecule has 1 aliphatic heterocycles. The van der Waals surface area contributed by atoms with Gasteiger partial charge in [-0.2, -0.15) is 0 Å². The first-order valence-corrected chi connectivity index (χ1v) is 13.7. The number of hydrogen-bond donors (Lipinski definition) is 2. The zero-order valence-electron chi connectivity index (χ0n) is 20.7. The maximum atomic E-state index is 6.13. The van der Waals surface area contributed by atoms with Crippen LogP contribution in [0.3, 0.4) is 0 Å². The second kappa shape index (κ2) is 11.9. The molecule has 0 aromatic rings. The molecule has 0 spiro atoms. The van der Waals surface area contributed by atoms with Gasteiger partial charge in [-0.25, -0.2) is 0 Å². The fraction of sp³-hybridized carbons (Fsp3) is 0.655. The minimum atomic E-state index is 0.519. The Hall–Kier alpha value is -1.29. The van der Waals surface area contributed by atoms with Crippen LogP contribution in [0.1, 0.15) is 58.8 Å². The lowest BCUT2D eigenvalue weighted by Gasteiger charge is -2.38. The molecule has 0 aromatic heterocycles. The maximum Gasteiger partial charge on any atom is 0.0363 e. The van der Waals surface area contributed by atoms with Gasteiger partial charge in [-0.1, -0.05) is 61.9 Å². The molecular weight excluding hydrogens is 426 g/mol. The van der Waals surface area contributed by atoms with Crippen molar-refractivity contribution < 1.29 is 0 Å². The number of nitrogens with zero attached hydrogens (tertiary/aromatic N) is 1. The lowest BCUT2D eigenvalue weighted by molar-refractivity contribution is 0.138. The van der Waals surface area contributed by atoms with Crippen LogP contribution in [0.15, 0.2) is 58.8 Å². The molecule has 0 aromatic carbocycles. The van der Waals surface area contributed by atoms with Crippen LogP contribution in [0.4, 0.5) is 0 Å². The highest BCUT2D eigenvalue weighted by Gasteiger charge is 2.28. The fourth-order valence-electron chi connectivity index (χ4n) is 5.99. The molecule has 0 amide bonds. The van der Waals surface area contributed by atoms with Gasteiger partial charge in [0.25, 0.3) is 0 Å². The molecule has 3 nitrogen and oxygen atoms in total. The van der Waals surface area contributed by atoms with Crippen molar-refractivity contribution >= 4 is 11.6 Å². The normalized spacial score (nSPS) is 30.2. The van der Waals surface area contributed by atoms with Gasteiger partial charge in [0.1, 0.15) is 0 Å². The number of nitrogens with one attached hydrogen (secondary N) is 1. The highest BCUT2D eigenvalue weighted by atomic mass is 35.5. The number of nitrogens with two attached hydrogens (primary N) is 1. The van der Waals surface area contributed by atoms with Crippen molar-refractivity contribution in [1.82, 2.24) is 10.2 Å². The molecule has 1 fully saturated rings. The predicted molar refractivity (Wildman–Crippen MR) is 142 cm³/mol. The largest absolute Gasteiger partial charge is 0.402 e. The Balaban J connectivity index is 1.24. The molecule has 4 rings (SSSR count). The molecule has 3 N–H and O–H groups in total. The van der Waals surface area contributed by atoms with Gasteiger partial charge in [-0.3, -0.25) is 0 Å². The van der Waals surface area contributed by atoms with Gasteiger partial charge < -0.3 is 16.0 Å². The second-order valence-corrected chi connectivity index (χ2v) is 11.5. The predicted octanol–water partition coefficient (Wildman–Crippen LogP) is 6.16. The number of rotatable bonds is 8. The van der Waals surface area contributed by atoms with Crippen molar-refractivity contribution in [2.24, 2.45) is 35.3 Å². The molecule has 1 saturated heterocycles. The third-order valence-electron chi connectivity index (χ3n) is 8.23. The van der Waals surface area contributed by atoms with Gasteiger partial charge in [0.2, 0.25) is 0 Å². The van der Waals surface area contributed by atoms with Gasteiger partial charge in [-0.05, 0) is 93.4 Å². The summed E-state index contributed by atoms with van der Waals surface area (Å²) in [6, 6.07) is 0.547. The molecule has 1 heterocycles. The SMILES string of the molecule is CC(C)[C@H](CN1CCC(C2C=CC(Cl)=CC2)CC1)NCC1C=C(C2C=C(N)CCC2)C=CC1. The Morgan fingerprint density at radius 2 is 1.94 bits per heavy atom. The molecule has 33 heavy (non-hydrogen) atoms. The first-order chi connectivity index (χ1) is 16.0. The summed E-state index contributed by atoms with van der Waals surface area (Å²) in [7, 11) is 0. The van der Waals surface area contributed by atoms with Crippen LogP contribution in [0.2, 0.25) is 0 Å². The summed E-state index contributed by atoms with van der Waals surface area (Å²) in [4.78, 5) is 2.70. The van der Waals surface area contributed by atoms with E-state index in [0.717, 1.165) is 49.0 Å². The lowest BCUT2D eigenvalue weighted by Crippen LogP contribution is -2.48. The average Bonchev–Trinajstić information content (AvgIpc) is 2.83. The molecule has 0 saturated carbocycles. The van der Waals surface area contributed by atoms with E-state index < -0.39 is 0 Å². The first kappa shape index (κ1) is 24.8. The van der Waals surface area contributed by atoms with E-state index in [1.165, 1.54) is 44.3 Å². The molecular formula is C29H44ClN3. The Labute approximate surface area is 206 Å². The van der Waals surface area contributed by atoms with E-state index in [0.29, 0.717) is 29.7 Å². The van der Waals surface area contributed by atoms with E-state index in [1.54, 1.807) is 0 Å². The summed E-state index contributed by atoms with van der Waals surface area (Å²) < 4.78 is 0. The van der Waals surface area contributed by atoms with Crippen molar-refractivity contribution in [1.29, 1.82) is 0 Å². The van der Waals surface area contributed by atoms with E-state index >= 15 is 0 Å². The van der Waals surface area contributed by atoms with E-state index in [9.17, 15) is 0 Å². The topological polar surface area (TPSA) is 41.3 Å². The monoisotopic (exact) mass is 469 g/mol. The highest BCUT2D eigenvalue weighted by Crippen LogP contribution is 2.33. The minimum Gasteiger partial charge on any atom is -0.402 e. The summed E-state index contributed by atoms with van der Waals surface area (Å²) >= 11 is 6.11. The van der Waals surface area contributed by atoms with Crippen LogP contribution in [-0.4, -0.2) is 37.1 Å². The number of allylic oxidation sites excluding steroid dienone is 9. The van der Waals surface area contributed by atoms with E-state index in [-0.39, 0.29) is 0 Å². The second-order valence-electron chi connectivity index (χ2n) is 11.0. The van der Waals surface area contributed by atoms with E-state index in [1.807, 2.05) is 0 Å². The Morgan fingerprint density at radius 1 is 1.12 bits per heavy atom. The van der Waals surface area contributed by atoms with E-state index in [4.69, 9.17) is 17.3 Å². The summed E-state index contributed by atoms with van der Waals surface area (Å²) in [6.07, 6.45) is 24.6. The average molecular weight is 470 g/mol. The van der Waals surface area contributed by atoms with Gasteiger partial charge in [-0.15, -0.1) is 0 Å². The standard InChI is InChI=1S/C29H44ClN3/c1-21(2)29(20-33-15-13-24(14-16-33)23-9-11-27(30)12-10-23)32-19-22-5-3-6-25(17-22)26-7-4-8-28(31)18-26/h3,6,9,11-12,17-18,21-24,26,29,32H,4-5,7-8,10,13-16,19-20,31H2,1-2H3/t22?,23?,26?,29-/m0/s1. The van der Waals surface area contributed by atoms with Crippen LogP contribution in [0.25, 0.3) is 0 Å². The summed E-state index contributed by atoms with van der Waals surface area (Å²) in [5.41, 5.74) is 8.68. The molecule has 4 aliphatic rings. The molecule has 4 heteroatoms. The number of likely N-dealkylation sites (tertiary alicyclic amines) is 1. The summed E-state index contributed by atoms with van der Waals surface area (Å²) in [5, 5.41) is 4.86. The Morgan fingerprint density at radius 3 is 2.64 bits per heavy atom. The van der Waals surface area contributed by atoms with Crippen LogP contribution in [0, 0.1) is 29.6 Å². The van der Waals surface area contributed by atoms with Crippen LogP contribution < -0.4 is 11.1 Å². The Bertz CT molecular complexity index is 798. The van der Waals surface area contributed by atoms with Gasteiger partial charge >= 0.3 is 0 Å². The van der Waals surface area contributed by atoms with Gasteiger partial charge in [0.05, 0.1) is 0 Å². The Kier molecular flexibility index (Phi) is 8.96. The van der Waals surface area contributed by atoms with Crippen molar-refractivity contribution in [2.75, 3.05) is 26.2 Å². The molecule has 3 aliphatic carbocycles. The van der Waals surface area contributed by atoms with Crippen LogP contribution in [-0.2, 0) is 0 Å². The quantitative estimate of drug-likeness (QED) is 0.447. The fourth-order valence-corrected chi connectivity index (χ4v) is 6.16. The van der Waals surface area contributed by atoms with Gasteiger partial charge in [0.15, 0.2) is 0 Å². The smallest absolute Gasteiger partial charge is 0.0363 e. The number of piperidine rings is 1. The van der Waals surface area contributed by atoms with Gasteiger partial charge in [0, 0.05) is 35.8 Å². The zero-order chi connectivity index (χ0) is 23.2. The molecule has 4 atom stereocenters. The lowest BCUT2D eigenvalue weighted by atomic mass is 9.80. The summed E-state index contributed by atoms with van der Waals surface area (Å²) in [5.74, 6) is 3.24. The van der Waals surface area contributed by atoms with Crippen molar-refractivity contribution in [3.05, 3.63) is 58.8 Å². The van der Waals surface area contributed by atoms with Crippen molar-refractivity contribution in [3.63, 3.8) is 0 Å². The molecule has 0 radical (unpaired) electrons. The third-order valence-corrected chi connectivity index (χ3v) is 8.51. The minimum absolute atomic E-state index is 0.519. The molecule has 0 bridgehead atoms. The highest BCUT2D eigenvalue weighted by molar-refractivity contribution is 6.31. The number of hydrogen-bond acceptors (Lipinski definition) is 3. The third kappa shape index (κ3) is 7.10. The van der Waals surface area contributed by atoms with Crippen molar-refractivity contribution in [2.45, 2.75) is 64.8 Å². The van der Waals surface area contributed by atoms with Crippen LogP contribution in [0.5, 0.6) is 0 Å². The summed E-state index contributed by atoms with van der Waals surface area (Å²) in [6.45, 7) is 9.42. The molecule has 182 valence electrons.